The van der Waals surface area contributed by atoms with Gasteiger partial charge in [0.05, 0.1) is 22.1 Å². The van der Waals surface area contributed by atoms with E-state index in [4.69, 9.17) is 0 Å². The maximum absolute atomic E-state index is 12.4. The standard InChI is InChI=1S/C22H19N5O3S2/c1-14-18(10-15-6-3-2-4-7-15)24-21(23-14)32-13-20(28)26-22-25-19(12-31-22)16-8-5-9-17(11-16)27(29)30/h2-9,11-12H,10,13H2,1H3,(H,23,24)(H,25,26,28). The van der Waals surface area contributed by atoms with Crippen LogP contribution in [0.4, 0.5) is 10.8 Å². The van der Waals surface area contributed by atoms with Gasteiger partial charge in [-0.15, -0.1) is 11.3 Å². The van der Waals surface area contributed by atoms with Crippen LogP contribution in [0, 0.1) is 17.0 Å². The molecule has 0 atom stereocenters. The number of nitrogens with zero attached hydrogens (tertiary/aromatic N) is 3. The molecular formula is C22H19N5O3S2. The summed E-state index contributed by atoms with van der Waals surface area (Å²) in [7, 11) is 0. The van der Waals surface area contributed by atoms with Gasteiger partial charge >= 0.3 is 0 Å². The highest BCUT2D eigenvalue weighted by Crippen LogP contribution is 2.28. The van der Waals surface area contributed by atoms with Crippen LogP contribution < -0.4 is 5.32 Å². The summed E-state index contributed by atoms with van der Waals surface area (Å²) in [5, 5.41) is 16.6. The summed E-state index contributed by atoms with van der Waals surface area (Å²) in [6.45, 7) is 1.97. The lowest BCUT2D eigenvalue weighted by Crippen LogP contribution is -2.13. The van der Waals surface area contributed by atoms with Crippen molar-refractivity contribution >= 4 is 39.8 Å². The van der Waals surface area contributed by atoms with Crippen LogP contribution in [0.25, 0.3) is 11.3 Å². The first-order valence-electron chi connectivity index (χ1n) is 9.70. The van der Waals surface area contributed by atoms with Crippen LogP contribution in [-0.2, 0) is 11.2 Å². The number of anilines is 1. The Hall–Kier alpha value is -3.50. The van der Waals surface area contributed by atoms with Crippen molar-refractivity contribution in [1.29, 1.82) is 0 Å². The first-order valence-corrected chi connectivity index (χ1v) is 11.6. The molecule has 0 radical (unpaired) electrons. The molecule has 0 bridgehead atoms. The molecule has 2 N–H and O–H groups in total. The number of thiazole rings is 1. The van der Waals surface area contributed by atoms with Crippen molar-refractivity contribution in [3.8, 4) is 11.3 Å². The first-order chi connectivity index (χ1) is 15.5. The second-order valence-electron chi connectivity index (χ2n) is 6.96. The predicted octanol–water partition coefficient (Wildman–Crippen LogP) is 5.07. The Morgan fingerprint density at radius 3 is 2.78 bits per heavy atom. The third-order valence-corrected chi connectivity index (χ3v) is 6.25. The summed E-state index contributed by atoms with van der Waals surface area (Å²) in [6, 6.07) is 16.3. The smallest absolute Gasteiger partial charge is 0.270 e. The number of aryl methyl sites for hydroxylation is 1. The lowest BCUT2D eigenvalue weighted by molar-refractivity contribution is -0.384. The summed E-state index contributed by atoms with van der Waals surface area (Å²) in [4.78, 5) is 35.1. The third kappa shape index (κ3) is 5.40. The topological polar surface area (TPSA) is 114 Å². The fraction of sp³-hybridized carbons (Fsp3) is 0.136. The Balaban J connectivity index is 1.34. The van der Waals surface area contributed by atoms with Crippen molar-refractivity contribution in [2.75, 3.05) is 11.1 Å². The Morgan fingerprint density at radius 2 is 2.00 bits per heavy atom. The van der Waals surface area contributed by atoms with Crippen LogP contribution >= 0.6 is 23.1 Å². The minimum absolute atomic E-state index is 0.00198. The molecule has 2 aromatic heterocycles. The average Bonchev–Trinajstić information content (AvgIpc) is 3.39. The number of benzene rings is 2. The number of aromatic amines is 1. The molecule has 0 unspecified atom stereocenters. The monoisotopic (exact) mass is 465 g/mol. The van der Waals surface area contributed by atoms with Crippen molar-refractivity contribution < 1.29 is 9.72 Å². The molecule has 2 aromatic carbocycles. The average molecular weight is 466 g/mol. The predicted molar refractivity (Wildman–Crippen MR) is 126 cm³/mol. The van der Waals surface area contributed by atoms with E-state index in [-0.39, 0.29) is 17.3 Å². The number of rotatable bonds is 8. The Kier molecular flexibility index (Phi) is 6.62. The summed E-state index contributed by atoms with van der Waals surface area (Å²) >= 11 is 2.60. The second kappa shape index (κ2) is 9.75. The third-order valence-electron chi connectivity index (χ3n) is 4.62. The van der Waals surface area contributed by atoms with E-state index in [1.807, 2.05) is 25.1 Å². The fourth-order valence-electron chi connectivity index (χ4n) is 3.03. The Morgan fingerprint density at radius 1 is 1.19 bits per heavy atom. The van der Waals surface area contributed by atoms with E-state index in [9.17, 15) is 14.9 Å². The van der Waals surface area contributed by atoms with E-state index in [2.05, 4.69) is 32.4 Å². The molecule has 0 saturated heterocycles. The number of aromatic nitrogens is 3. The summed E-state index contributed by atoms with van der Waals surface area (Å²) in [5.41, 5.74) is 4.33. The number of carbonyl (C=O) groups excluding carboxylic acids is 1. The van der Waals surface area contributed by atoms with Crippen molar-refractivity contribution in [1.82, 2.24) is 15.0 Å². The number of amides is 1. The zero-order valence-electron chi connectivity index (χ0n) is 17.1. The summed E-state index contributed by atoms with van der Waals surface area (Å²) < 4.78 is 0. The molecular weight excluding hydrogens is 446 g/mol. The van der Waals surface area contributed by atoms with Gasteiger partial charge in [-0.1, -0.05) is 54.2 Å². The van der Waals surface area contributed by atoms with Crippen LogP contribution in [0.15, 0.2) is 65.1 Å². The molecule has 2 heterocycles. The molecule has 0 aliphatic rings. The quantitative estimate of drug-likeness (QED) is 0.213. The van der Waals surface area contributed by atoms with Gasteiger partial charge in [-0.2, -0.15) is 0 Å². The van der Waals surface area contributed by atoms with E-state index in [0.29, 0.717) is 21.5 Å². The Bertz CT molecular complexity index is 1250. The number of non-ortho nitro benzene ring substituents is 1. The van der Waals surface area contributed by atoms with Gasteiger partial charge in [0, 0.05) is 35.2 Å². The number of imidazole rings is 1. The van der Waals surface area contributed by atoms with Crippen molar-refractivity contribution in [2.24, 2.45) is 0 Å². The lowest BCUT2D eigenvalue weighted by Gasteiger charge is -2.00. The molecule has 32 heavy (non-hydrogen) atoms. The van der Waals surface area contributed by atoms with Gasteiger partial charge in [0.25, 0.3) is 5.69 Å². The van der Waals surface area contributed by atoms with Gasteiger partial charge in [0.2, 0.25) is 5.91 Å². The summed E-state index contributed by atoms with van der Waals surface area (Å²) in [5.74, 6) is -0.0164. The highest BCUT2D eigenvalue weighted by molar-refractivity contribution is 7.99. The van der Waals surface area contributed by atoms with Crippen LogP contribution in [0.5, 0.6) is 0 Å². The summed E-state index contributed by atoms with van der Waals surface area (Å²) in [6.07, 6.45) is 0.732. The van der Waals surface area contributed by atoms with E-state index in [1.165, 1.54) is 40.8 Å². The molecule has 10 heteroatoms. The van der Waals surface area contributed by atoms with Crippen molar-refractivity contribution in [2.45, 2.75) is 18.5 Å². The maximum atomic E-state index is 12.4. The molecule has 0 fully saturated rings. The van der Waals surface area contributed by atoms with Crippen LogP contribution in [0.1, 0.15) is 17.0 Å². The second-order valence-corrected chi connectivity index (χ2v) is 8.78. The number of nitrogens with one attached hydrogen (secondary N) is 2. The molecule has 0 aliphatic heterocycles. The molecule has 4 rings (SSSR count). The highest BCUT2D eigenvalue weighted by atomic mass is 32.2. The largest absolute Gasteiger partial charge is 0.337 e. The highest BCUT2D eigenvalue weighted by Gasteiger charge is 2.13. The minimum Gasteiger partial charge on any atom is -0.337 e. The molecule has 4 aromatic rings. The number of hydrogen-bond donors (Lipinski definition) is 2. The van der Waals surface area contributed by atoms with Crippen LogP contribution in [0.2, 0.25) is 0 Å². The van der Waals surface area contributed by atoms with Gasteiger partial charge in [0.15, 0.2) is 10.3 Å². The number of nitro groups is 1. The minimum atomic E-state index is -0.447. The van der Waals surface area contributed by atoms with Gasteiger partial charge < -0.3 is 10.3 Å². The lowest BCUT2D eigenvalue weighted by atomic mass is 10.1. The number of H-pyrrole nitrogens is 1. The number of carbonyl (C=O) groups is 1. The van der Waals surface area contributed by atoms with Gasteiger partial charge in [-0.3, -0.25) is 14.9 Å². The van der Waals surface area contributed by atoms with E-state index >= 15 is 0 Å². The zero-order valence-corrected chi connectivity index (χ0v) is 18.7. The van der Waals surface area contributed by atoms with Crippen LogP contribution in [0.3, 0.4) is 0 Å². The molecule has 1 amide bonds. The van der Waals surface area contributed by atoms with Gasteiger partial charge in [0.1, 0.15) is 0 Å². The van der Waals surface area contributed by atoms with Crippen molar-refractivity contribution in [3.63, 3.8) is 0 Å². The van der Waals surface area contributed by atoms with Gasteiger partial charge in [-0.05, 0) is 12.5 Å². The number of nitro benzene ring substituents is 1. The molecule has 8 nitrogen and oxygen atoms in total. The van der Waals surface area contributed by atoms with Crippen molar-refractivity contribution in [3.05, 3.63) is 87.0 Å². The molecule has 0 saturated carbocycles. The van der Waals surface area contributed by atoms with E-state index < -0.39 is 4.92 Å². The fourth-order valence-corrected chi connectivity index (χ4v) is 4.50. The maximum Gasteiger partial charge on any atom is 0.270 e. The number of hydrogen-bond acceptors (Lipinski definition) is 7. The number of thioether (sulfide) groups is 1. The molecule has 0 spiro atoms. The van der Waals surface area contributed by atoms with Crippen LogP contribution in [-0.4, -0.2) is 31.5 Å². The molecule has 162 valence electrons. The zero-order chi connectivity index (χ0) is 22.5. The van der Waals surface area contributed by atoms with E-state index in [1.54, 1.807) is 17.5 Å². The van der Waals surface area contributed by atoms with Gasteiger partial charge in [-0.25, -0.2) is 9.97 Å². The first kappa shape index (κ1) is 21.7. The normalized spacial score (nSPS) is 10.8. The SMILES string of the molecule is Cc1[nH]c(SCC(=O)Nc2nc(-c3cccc([N+](=O)[O-])c3)cs2)nc1Cc1ccccc1. The molecule has 0 aliphatic carbocycles. The Labute approximate surface area is 192 Å². The van der Waals surface area contributed by atoms with E-state index in [0.717, 1.165) is 17.8 Å².